The van der Waals surface area contributed by atoms with Gasteiger partial charge in [-0.3, -0.25) is 4.79 Å². The standard InChI is InChI=1S/C16H31N3O/c1-12(2)18-16(3,15(17)20)9-11-19-10-5-7-13-6-4-8-14(13)19/h12-14,18H,4-11H2,1-3H3,(H2,17,20). The molecule has 1 saturated carbocycles. The molecule has 2 rings (SSSR count). The Labute approximate surface area is 123 Å². The molecule has 0 bridgehead atoms. The molecule has 116 valence electrons. The highest BCUT2D eigenvalue weighted by Gasteiger charge is 2.37. The highest BCUT2D eigenvalue weighted by Crippen LogP contribution is 2.37. The normalized spacial score (nSPS) is 30.2. The fourth-order valence-corrected chi connectivity index (χ4v) is 4.11. The summed E-state index contributed by atoms with van der Waals surface area (Å²) in [6.07, 6.45) is 7.64. The zero-order valence-electron chi connectivity index (χ0n) is 13.3. The zero-order chi connectivity index (χ0) is 14.8. The Bertz CT molecular complexity index is 345. The number of carbonyl (C=O) groups excluding carboxylic acids is 1. The highest BCUT2D eigenvalue weighted by atomic mass is 16.1. The molecule has 20 heavy (non-hydrogen) atoms. The lowest BCUT2D eigenvalue weighted by Gasteiger charge is -2.40. The monoisotopic (exact) mass is 281 g/mol. The molecule has 1 saturated heterocycles. The summed E-state index contributed by atoms with van der Waals surface area (Å²) >= 11 is 0. The van der Waals surface area contributed by atoms with E-state index in [9.17, 15) is 4.79 Å². The Hall–Kier alpha value is -0.610. The van der Waals surface area contributed by atoms with Crippen molar-refractivity contribution >= 4 is 5.91 Å². The molecule has 2 aliphatic rings. The van der Waals surface area contributed by atoms with Crippen molar-refractivity contribution < 1.29 is 4.79 Å². The number of nitrogens with zero attached hydrogens (tertiary/aromatic N) is 1. The van der Waals surface area contributed by atoms with Crippen LogP contribution >= 0.6 is 0 Å². The SMILES string of the molecule is CC(C)NC(C)(CCN1CCCC2CCCC21)C(N)=O. The lowest BCUT2D eigenvalue weighted by atomic mass is 9.90. The lowest BCUT2D eigenvalue weighted by molar-refractivity contribution is -0.124. The Morgan fingerprint density at radius 2 is 2.05 bits per heavy atom. The van der Waals surface area contributed by atoms with E-state index in [0.29, 0.717) is 0 Å². The second-order valence-corrected chi connectivity index (χ2v) is 7.18. The van der Waals surface area contributed by atoms with Crippen LogP contribution in [0.3, 0.4) is 0 Å². The molecule has 2 fully saturated rings. The molecule has 0 radical (unpaired) electrons. The van der Waals surface area contributed by atoms with E-state index in [-0.39, 0.29) is 11.9 Å². The third kappa shape index (κ3) is 3.53. The van der Waals surface area contributed by atoms with E-state index in [2.05, 4.69) is 24.1 Å². The molecule has 3 N–H and O–H groups in total. The summed E-state index contributed by atoms with van der Waals surface area (Å²) in [6.45, 7) is 8.26. The van der Waals surface area contributed by atoms with Gasteiger partial charge >= 0.3 is 0 Å². The molecular weight excluding hydrogens is 250 g/mol. The predicted octanol–water partition coefficient (Wildman–Crippen LogP) is 1.88. The number of nitrogens with two attached hydrogens (primary N) is 1. The van der Waals surface area contributed by atoms with Crippen molar-refractivity contribution in [3.8, 4) is 0 Å². The molecule has 4 nitrogen and oxygen atoms in total. The van der Waals surface area contributed by atoms with Crippen LogP contribution in [0.4, 0.5) is 0 Å². The first-order valence-corrected chi connectivity index (χ1v) is 8.24. The zero-order valence-corrected chi connectivity index (χ0v) is 13.3. The third-order valence-corrected chi connectivity index (χ3v) is 5.16. The van der Waals surface area contributed by atoms with Crippen molar-refractivity contribution in [2.75, 3.05) is 13.1 Å². The molecule has 3 atom stereocenters. The van der Waals surface area contributed by atoms with Crippen molar-refractivity contribution in [3.05, 3.63) is 0 Å². The van der Waals surface area contributed by atoms with Gasteiger partial charge in [0.1, 0.15) is 0 Å². The summed E-state index contributed by atoms with van der Waals surface area (Å²) in [5, 5.41) is 3.35. The molecular formula is C16H31N3O. The minimum Gasteiger partial charge on any atom is -0.368 e. The van der Waals surface area contributed by atoms with E-state index in [0.717, 1.165) is 24.9 Å². The Morgan fingerprint density at radius 3 is 2.70 bits per heavy atom. The summed E-state index contributed by atoms with van der Waals surface area (Å²) in [5.74, 6) is 0.674. The number of likely N-dealkylation sites (tertiary alicyclic amines) is 1. The van der Waals surface area contributed by atoms with Gasteiger partial charge in [0.2, 0.25) is 5.91 Å². The number of amides is 1. The number of nitrogens with one attached hydrogen (secondary N) is 1. The fourth-order valence-electron chi connectivity index (χ4n) is 4.11. The summed E-state index contributed by atoms with van der Waals surface area (Å²) in [4.78, 5) is 14.4. The predicted molar refractivity (Wildman–Crippen MR) is 82.4 cm³/mol. The van der Waals surface area contributed by atoms with Crippen molar-refractivity contribution in [2.24, 2.45) is 11.7 Å². The molecule has 1 amide bonds. The number of hydrogen-bond acceptors (Lipinski definition) is 3. The molecule has 0 spiro atoms. The van der Waals surface area contributed by atoms with Gasteiger partial charge in [-0.2, -0.15) is 0 Å². The summed E-state index contributed by atoms with van der Waals surface area (Å²) < 4.78 is 0. The first kappa shape index (κ1) is 15.8. The minimum atomic E-state index is -0.584. The van der Waals surface area contributed by atoms with Crippen LogP contribution in [0.5, 0.6) is 0 Å². The number of piperidine rings is 1. The molecule has 1 aliphatic carbocycles. The number of primary amides is 1. The minimum absolute atomic E-state index is 0.230. The van der Waals surface area contributed by atoms with Crippen molar-refractivity contribution in [2.45, 2.75) is 76.9 Å². The Morgan fingerprint density at radius 1 is 1.35 bits per heavy atom. The second-order valence-electron chi connectivity index (χ2n) is 7.18. The van der Waals surface area contributed by atoms with Crippen molar-refractivity contribution in [1.29, 1.82) is 0 Å². The molecule has 1 heterocycles. The number of hydrogen-bond donors (Lipinski definition) is 2. The van der Waals surface area contributed by atoms with Gasteiger partial charge < -0.3 is 16.0 Å². The molecule has 0 aromatic heterocycles. The maximum atomic E-state index is 11.8. The topological polar surface area (TPSA) is 58.4 Å². The van der Waals surface area contributed by atoms with E-state index in [1.165, 1.54) is 38.6 Å². The quantitative estimate of drug-likeness (QED) is 0.781. The highest BCUT2D eigenvalue weighted by molar-refractivity contribution is 5.84. The van der Waals surface area contributed by atoms with E-state index < -0.39 is 5.54 Å². The number of fused-ring (bicyclic) bond motifs is 1. The average molecular weight is 281 g/mol. The second kappa shape index (κ2) is 6.44. The maximum Gasteiger partial charge on any atom is 0.237 e. The van der Waals surface area contributed by atoms with Crippen LogP contribution in [0.15, 0.2) is 0 Å². The van der Waals surface area contributed by atoms with Gasteiger partial charge in [-0.1, -0.05) is 6.42 Å². The van der Waals surface area contributed by atoms with E-state index in [1.807, 2.05) is 6.92 Å². The molecule has 4 heteroatoms. The first-order valence-electron chi connectivity index (χ1n) is 8.24. The summed E-state index contributed by atoms with van der Waals surface area (Å²) in [5.41, 5.74) is 5.04. The van der Waals surface area contributed by atoms with Gasteiger partial charge in [0.15, 0.2) is 0 Å². The van der Waals surface area contributed by atoms with Gasteiger partial charge in [-0.25, -0.2) is 0 Å². The van der Waals surface area contributed by atoms with Crippen LogP contribution < -0.4 is 11.1 Å². The van der Waals surface area contributed by atoms with Crippen molar-refractivity contribution in [3.63, 3.8) is 0 Å². The van der Waals surface area contributed by atoms with Gasteiger partial charge in [-0.05, 0) is 65.3 Å². The molecule has 3 unspecified atom stereocenters. The third-order valence-electron chi connectivity index (χ3n) is 5.16. The molecule has 0 aromatic carbocycles. The maximum absolute atomic E-state index is 11.8. The van der Waals surface area contributed by atoms with E-state index in [4.69, 9.17) is 5.73 Å². The van der Waals surface area contributed by atoms with Crippen LogP contribution in [0.2, 0.25) is 0 Å². The van der Waals surface area contributed by atoms with Crippen LogP contribution in [0.25, 0.3) is 0 Å². The van der Waals surface area contributed by atoms with Crippen LogP contribution in [-0.2, 0) is 4.79 Å². The van der Waals surface area contributed by atoms with Crippen LogP contribution in [0.1, 0.15) is 59.3 Å². The smallest absolute Gasteiger partial charge is 0.237 e. The van der Waals surface area contributed by atoms with E-state index in [1.54, 1.807) is 0 Å². The molecule has 0 aromatic rings. The number of rotatable bonds is 6. The summed E-state index contributed by atoms with van der Waals surface area (Å²) in [6, 6.07) is 1.04. The van der Waals surface area contributed by atoms with Crippen molar-refractivity contribution in [1.82, 2.24) is 10.2 Å². The Kier molecular flexibility index (Phi) is 5.08. The van der Waals surface area contributed by atoms with Crippen LogP contribution in [-0.4, -0.2) is 41.5 Å². The van der Waals surface area contributed by atoms with Gasteiger partial charge in [0.25, 0.3) is 0 Å². The van der Waals surface area contributed by atoms with Gasteiger partial charge in [-0.15, -0.1) is 0 Å². The van der Waals surface area contributed by atoms with Crippen LogP contribution in [0, 0.1) is 5.92 Å². The van der Waals surface area contributed by atoms with E-state index >= 15 is 0 Å². The average Bonchev–Trinajstić information content (AvgIpc) is 2.84. The lowest BCUT2D eigenvalue weighted by Crippen LogP contribution is -2.57. The largest absolute Gasteiger partial charge is 0.368 e. The van der Waals surface area contributed by atoms with Gasteiger partial charge in [0.05, 0.1) is 5.54 Å². The number of carbonyl (C=O) groups is 1. The first-order chi connectivity index (χ1) is 9.42. The Balaban J connectivity index is 1.93. The van der Waals surface area contributed by atoms with Gasteiger partial charge in [0, 0.05) is 18.6 Å². The fraction of sp³-hybridized carbons (Fsp3) is 0.938. The molecule has 1 aliphatic heterocycles. The summed E-state index contributed by atoms with van der Waals surface area (Å²) in [7, 11) is 0.